The summed E-state index contributed by atoms with van der Waals surface area (Å²) < 4.78 is 11.6. The largest absolute Gasteiger partial charge is 0.373 e. The SMILES string of the molecule is CCN(c1ccccc1)C1COC2(CCN(C(=O)c3cc(C(C)C)no3)CC2)C1. The lowest BCUT2D eigenvalue weighted by atomic mass is 9.87. The zero-order chi connectivity index (χ0) is 20.4. The van der Waals surface area contributed by atoms with E-state index in [9.17, 15) is 4.79 Å². The third kappa shape index (κ3) is 4.04. The first-order valence-corrected chi connectivity index (χ1v) is 10.7. The molecule has 2 aliphatic heterocycles. The highest BCUT2D eigenvalue weighted by Gasteiger charge is 2.45. The van der Waals surface area contributed by atoms with E-state index in [1.807, 2.05) is 18.7 Å². The summed E-state index contributed by atoms with van der Waals surface area (Å²) in [5.74, 6) is 0.532. The number of ether oxygens (including phenoxy) is 1. The summed E-state index contributed by atoms with van der Waals surface area (Å²) in [6, 6.07) is 12.7. The molecule has 0 radical (unpaired) electrons. The average Bonchev–Trinajstić information content (AvgIpc) is 3.38. The second-order valence-corrected chi connectivity index (χ2v) is 8.54. The van der Waals surface area contributed by atoms with Crippen molar-refractivity contribution in [1.82, 2.24) is 10.1 Å². The monoisotopic (exact) mass is 397 g/mol. The van der Waals surface area contributed by atoms with Gasteiger partial charge in [-0.2, -0.15) is 0 Å². The number of rotatable bonds is 5. The standard InChI is InChI=1S/C23H31N3O3/c1-4-26(18-8-6-5-7-9-18)19-15-23(28-16-19)10-12-25(13-11-23)22(27)21-14-20(17(2)3)24-29-21/h5-9,14,17,19H,4,10-13,15-16H2,1-3H3. The Balaban J connectivity index is 1.37. The maximum Gasteiger partial charge on any atom is 0.292 e. The molecule has 1 aromatic carbocycles. The van der Waals surface area contributed by atoms with Gasteiger partial charge in [0.05, 0.1) is 23.9 Å². The Morgan fingerprint density at radius 3 is 2.62 bits per heavy atom. The van der Waals surface area contributed by atoms with Gasteiger partial charge in [0, 0.05) is 31.4 Å². The molecule has 6 heteroatoms. The van der Waals surface area contributed by atoms with E-state index in [-0.39, 0.29) is 17.4 Å². The third-order valence-corrected chi connectivity index (χ3v) is 6.35. The molecular weight excluding hydrogens is 366 g/mol. The van der Waals surface area contributed by atoms with Crippen molar-refractivity contribution in [2.24, 2.45) is 0 Å². The van der Waals surface area contributed by atoms with Gasteiger partial charge in [0.1, 0.15) is 0 Å². The van der Waals surface area contributed by atoms with E-state index in [0.717, 1.165) is 38.1 Å². The second kappa shape index (κ2) is 8.19. The van der Waals surface area contributed by atoms with Crippen molar-refractivity contribution in [2.75, 3.05) is 31.1 Å². The highest BCUT2D eigenvalue weighted by atomic mass is 16.5. The minimum absolute atomic E-state index is 0.0618. The highest BCUT2D eigenvalue weighted by molar-refractivity contribution is 5.91. The Hall–Kier alpha value is -2.34. The zero-order valence-electron chi connectivity index (χ0n) is 17.6. The number of hydrogen-bond acceptors (Lipinski definition) is 5. The van der Waals surface area contributed by atoms with Crippen molar-refractivity contribution < 1.29 is 14.1 Å². The molecule has 1 aromatic heterocycles. The topological polar surface area (TPSA) is 58.8 Å². The molecule has 3 heterocycles. The van der Waals surface area contributed by atoms with Gasteiger partial charge in [-0.3, -0.25) is 4.79 Å². The summed E-state index contributed by atoms with van der Waals surface area (Å²) in [6.07, 6.45) is 2.75. The first-order valence-electron chi connectivity index (χ1n) is 10.7. The molecule has 6 nitrogen and oxygen atoms in total. The van der Waals surface area contributed by atoms with E-state index in [0.29, 0.717) is 24.9 Å². The number of hydrogen-bond donors (Lipinski definition) is 0. The van der Waals surface area contributed by atoms with Gasteiger partial charge in [0.15, 0.2) is 0 Å². The van der Waals surface area contributed by atoms with E-state index in [4.69, 9.17) is 9.26 Å². The molecule has 156 valence electrons. The Morgan fingerprint density at radius 1 is 1.28 bits per heavy atom. The molecule has 0 aliphatic carbocycles. The molecule has 29 heavy (non-hydrogen) atoms. The van der Waals surface area contributed by atoms with E-state index in [1.54, 1.807) is 6.07 Å². The summed E-state index contributed by atoms with van der Waals surface area (Å²) >= 11 is 0. The van der Waals surface area contributed by atoms with Gasteiger partial charge in [-0.15, -0.1) is 0 Å². The maximum atomic E-state index is 12.8. The molecule has 1 amide bonds. The molecule has 2 aromatic rings. The van der Waals surface area contributed by atoms with Gasteiger partial charge in [0.2, 0.25) is 5.76 Å². The van der Waals surface area contributed by atoms with Crippen LogP contribution < -0.4 is 4.90 Å². The Labute approximate surface area is 172 Å². The van der Waals surface area contributed by atoms with Crippen LogP contribution in [0.25, 0.3) is 0 Å². The molecule has 2 fully saturated rings. The summed E-state index contributed by atoms with van der Waals surface area (Å²) in [7, 11) is 0. The molecule has 0 bridgehead atoms. The number of piperidine rings is 1. The molecular formula is C23H31N3O3. The lowest BCUT2D eigenvalue weighted by Gasteiger charge is -2.38. The van der Waals surface area contributed by atoms with E-state index < -0.39 is 0 Å². The van der Waals surface area contributed by atoms with E-state index in [1.165, 1.54) is 5.69 Å². The molecule has 4 rings (SSSR count). The van der Waals surface area contributed by atoms with Gasteiger partial charge in [0.25, 0.3) is 5.91 Å². The van der Waals surface area contributed by atoms with Crippen LogP contribution in [0.5, 0.6) is 0 Å². The van der Waals surface area contributed by atoms with Crippen LogP contribution in [0.15, 0.2) is 40.9 Å². The Bertz CT molecular complexity index is 825. The number of nitrogens with zero attached hydrogens (tertiary/aromatic N) is 3. The lowest BCUT2D eigenvalue weighted by molar-refractivity contribution is -0.0393. The quantitative estimate of drug-likeness (QED) is 0.761. The van der Waals surface area contributed by atoms with E-state index >= 15 is 0 Å². The van der Waals surface area contributed by atoms with Crippen molar-refractivity contribution in [2.45, 2.75) is 57.6 Å². The highest BCUT2D eigenvalue weighted by Crippen LogP contribution is 2.39. The number of carbonyl (C=O) groups excluding carboxylic acids is 1. The second-order valence-electron chi connectivity index (χ2n) is 8.54. The van der Waals surface area contributed by atoms with Crippen molar-refractivity contribution >= 4 is 11.6 Å². The van der Waals surface area contributed by atoms with Gasteiger partial charge >= 0.3 is 0 Å². The minimum Gasteiger partial charge on any atom is -0.373 e. The molecule has 1 spiro atoms. The first kappa shape index (κ1) is 20.0. The van der Waals surface area contributed by atoms with Crippen LogP contribution in [0.3, 0.4) is 0 Å². The lowest BCUT2D eigenvalue weighted by Crippen LogP contribution is -2.47. The zero-order valence-corrected chi connectivity index (χ0v) is 17.6. The predicted molar refractivity (Wildman–Crippen MR) is 112 cm³/mol. The fraction of sp³-hybridized carbons (Fsp3) is 0.565. The summed E-state index contributed by atoms with van der Waals surface area (Å²) in [5.41, 5.74) is 1.96. The Morgan fingerprint density at radius 2 is 2.00 bits per heavy atom. The van der Waals surface area contributed by atoms with Crippen LogP contribution >= 0.6 is 0 Å². The van der Waals surface area contributed by atoms with Crippen LogP contribution in [-0.2, 0) is 4.74 Å². The van der Waals surface area contributed by atoms with Crippen molar-refractivity contribution in [3.8, 4) is 0 Å². The average molecular weight is 398 g/mol. The normalized spacial score (nSPS) is 21.1. The number of amides is 1. The van der Waals surface area contributed by atoms with Crippen molar-refractivity contribution in [1.29, 1.82) is 0 Å². The van der Waals surface area contributed by atoms with Gasteiger partial charge in [-0.1, -0.05) is 37.2 Å². The number of para-hydroxylation sites is 1. The molecule has 2 aliphatic rings. The number of anilines is 1. The van der Waals surface area contributed by atoms with Crippen LogP contribution in [0.2, 0.25) is 0 Å². The van der Waals surface area contributed by atoms with Gasteiger partial charge < -0.3 is 19.1 Å². The summed E-state index contributed by atoms with van der Waals surface area (Å²) in [4.78, 5) is 17.1. The molecule has 1 atom stereocenters. The molecule has 0 N–H and O–H groups in total. The van der Waals surface area contributed by atoms with Crippen molar-refractivity contribution in [3.63, 3.8) is 0 Å². The van der Waals surface area contributed by atoms with Gasteiger partial charge in [-0.25, -0.2) is 0 Å². The number of benzene rings is 1. The summed E-state index contributed by atoms with van der Waals surface area (Å²) in [6.45, 7) is 9.38. The maximum absolute atomic E-state index is 12.8. The fourth-order valence-corrected chi connectivity index (χ4v) is 4.57. The number of carbonyl (C=O) groups is 1. The first-order chi connectivity index (χ1) is 14.0. The van der Waals surface area contributed by atoms with Crippen LogP contribution in [0, 0.1) is 0 Å². The predicted octanol–water partition coefficient (Wildman–Crippen LogP) is 4.09. The van der Waals surface area contributed by atoms with Crippen LogP contribution in [-0.4, -0.2) is 53.8 Å². The fourth-order valence-electron chi connectivity index (χ4n) is 4.57. The number of aromatic nitrogens is 1. The molecule has 2 saturated heterocycles. The smallest absolute Gasteiger partial charge is 0.292 e. The van der Waals surface area contributed by atoms with E-state index in [2.05, 4.69) is 47.3 Å². The van der Waals surface area contributed by atoms with Gasteiger partial charge in [-0.05, 0) is 44.2 Å². The number of likely N-dealkylation sites (tertiary alicyclic amines) is 1. The van der Waals surface area contributed by atoms with Crippen molar-refractivity contribution in [3.05, 3.63) is 47.9 Å². The number of likely N-dealkylation sites (N-methyl/N-ethyl adjacent to an activating group) is 1. The minimum atomic E-state index is -0.117. The summed E-state index contributed by atoms with van der Waals surface area (Å²) in [5, 5.41) is 4.02. The molecule has 0 saturated carbocycles. The Kier molecular flexibility index (Phi) is 5.63. The molecule has 1 unspecified atom stereocenters. The third-order valence-electron chi connectivity index (χ3n) is 6.35. The van der Waals surface area contributed by atoms with Crippen LogP contribution in [0.1, 0.15) is 62.2 Å². The van der Waals surface area contributed by atoms with Crippen LogP contribution in [0.4, 0.5) is 5.69 Å².